The number of carbonyl (C=O) groups is 2. The van der Waals surface area contributed by atoms with Crippen molar-refractivity contribution >= 4 is 11.8 Å². The van der Waals surface area contributed by atoms with Gasteiger partial charge in [0.25, 0.3) is 5.91 Å². The summed E-state index contributed by atoms with van der Waals surface area (Å²) in [5.74, 6) is 0.490. The zero-order chi connectivity index (χ0) is 17.7. The molecule has 5 nitrogen and oxygen atoms in total. The molecule has 0 saturated carbocycles. The molecule has 1 aromatic carbocycles. The first kappa shape index (κ1) is 18.5. The average molecular weight is 332 g/mol. The molecule has 5 heteroatoms. The number of hydrogen-bond acceptors (Lipinski definition) is 3. The molecule has 0 unspecified atom stereocenters. The molecule has 0 radical (unpaired) electrons. The number of hydrogen-bond donors (Lipinski definition) is 0. The van der Waals surface area contributed by atoms with Crippen LogP contribution in [0.1, 0.15) is 49.5 Å². The monoisotopic (exact) mass is 332 g/mol. The van der Waals surface area contributed by atoms with Gasteiger partial charge in [-0.05, 0) is 37.5 Å². The minimum absolute atomic E-state index is 0.00270. The third-order valence-corrected chi connectivity index (χ3v) is 4.28. The van der Waals surface area contributed by atoms with Gasteiger partial charge in [-0.3, -0.25) is 9.59 Å². The highest BCUT2D eigenvalue weighted by molar-refractivity contribution is 5.94. The number of amides is 2. The Hall–Kier alpha value is -1.88. The summed E-state index contributed by atoms with van der Waals surface area (Å²) in [4.78, 5) is 28.2. The molecule has 0 spiro atoms. The van der Waals surface area contributed by atoms with Crippen molar-refractivity contribution in [2.45, 2.75) is 39.7 Å². The van der Waals surface area contributed by atoms with Gasteiger partial charge in [-0.25, -0.2) is 0 Å². The number of benzene rings is 1. The SMILES string of the molecule is CC(C)OCC(=O)N1CCN(C(=O)c2ccc(C(C)C)cc2)CC1. The highest BCUT2D eigenvalue weighted by Gasteiger charge is 2.25. The summed E-state index contributed by atoms with van der Waals surface area (Å²) in [6.07, 6.45) is 0.0469. The first-order valence-electron chi connectivity index (χ1n) is 8.67. The second-order valence-corrected chi connectivity index (χ2v) is 6.81. The second kappa shape index (κ2) is 8.29. The summed E-state index contributed by atoms with van der Waals surface area (Å²) < 4.78 is 5.36. The molecule has 1 heterocycles. The van der Waals surface area contributed by atoms with E-state index < -0.39 is 0 Å². The van der Waals surface area contributed by atoms with Crippen molar-refractivity contribution in [1.29, 1.82) is 0 Å². The van der Waals surface area contributed by atoms with Gasteiger partial charge in [-0.1, -0.05) is 26.0 Å². The minimum Gasteiger partial charge on any atom is -0.369 e. The molecule has 1 aliphatic heterocycles. The van der Waals surface area contributed by atoms with E-state index in [0.29, 0.717) is 37.7 Å². The lowest BCUT2D eigenvalue weighted by atomic mass is 10.0. The van der Waals surface area contributed by atoms with Crippen LogP contribution in [0.5, 0.6) is 0 Å². The molecule has 132 valence electrons. The third-order valence-electron chi connectivity index (χ3n) is 4.28. The fraction of sp³-hybridized carbons (Fsp3) is 0.579. The maximum Gasteiger partial charge on any atom is 0.253 e. The summed E-state index contributed by atoms with van der Waals surface area (Å²) in [5, 5.41) is 0. The van der Waals surface area contributed by atoms with Gasteiger partial charge in [0.15, 0.2) is 0 Å². The largest absolute Gasteiger partial charge is 0.369 e. The van der Waals surface area contributed by atoms with E-state index in [0.717, 1.165) is 0 Å². The molecule has 1 aliphatic rings. The Morgan fingerprint density at radius 2 is 1.50 bits per heavy atom. The first-order chi connectivity index (χ1) is 11.4. The van der Waals surface area contributed by atoms with Gasteiger partial charge in [0.05, 0.1) is 6.10 Å². The smallest absolute Gasteiger partial charge is 0.253 e. The van der Waals surface area contributed by atoms with Gasteiger partial charge in [0, 0.05) is 31.7 Å². The summed E-state index contributed by atoms with van der Waals surface area (Å²) in [6, 6.07) is 7.82. The molecule has 1 aromatic rings. The van der Waals surface area contributed by atoms with Crippen molar-refractivity contribution in [3.63, 3.8) is 0 Å². The molecule has 2 amide bonds. The minimum atomic E-state index is -0.00270. The van der Waals surface area contributed by atoms with Gasteiger partial charge < -0.3 is 14.5 Å². The first-order valence-corrected chi connectivity index (χ1v) is 8.67. The highest BCUT2D eigenvalue weighted by atomic mass is 16.5. The van der Waals surface area contributed by atoms with Crippen LogP contribution in [0, 0.1) is 0 Å². The van der Waals surface area contributed by atoms with Crippen molar-refractivity contribution < 1.29 is 14.3 Å². The zero-order valence-electron chi connectivity index (χ0n) is 15.1. The fourth-order valence-electron chi connectivity index (χ4n) is 2.68. The predicted octanol–water partition coefficient (Wildman–Crippen LogP) is 2.52. The number of piperazine rings is 1. The molecular weight excluding hydrogens is 304 g/mol. The van der Waals surface area contributed by atoms with Crippen LogP contribution in [0.3, 0.4) is 0 Å². The standard InChI is InChI=1S/C19H28N2O3/c1-14(2)16-5-7-17(8-6-16)19(23)21-11-9-20(10-12-21)18(22)13-24-15(3)4/h5-8,14-15H,9-13H2,1-4H3. The number of carbonyl (C=O) groups excluding carboxylic acids is 2. The third kappa shape index (κ3) is 4.81. The van der Waals surface area contributed by atoms with Crippen LogP contribution in [0.15, 0.2) is 24.3 Å². The van der Waals surface area contributed by atoms with Gasteiger partial charge in [-0.15, -0.1) is 0 Å². The van der Waals surface area contributed by atoms with Crippen LogP contribution >= 0.6 is 0 Å². The van der Waals surface area contributed by atoms with E-state index in [1.165, 1.54) is 5.56 Å². The number of ether oxygens (including phenoxy) is 1. The van der Waals surface area contributed by atoms with Crippen LogP contribution in [0.4, 0.5) is 0 Å². The van der Waals surface area contributed by atoms with Crippen molar-refractivity contribution in [3.8, 4) is 0 Å². The Bertz CT molecular complexity index is 558. The van der Waals surface area contributed by atoms with E-state index in [9.17, 15) is 9.59 Å². The molecule has 1 fully saturated rings. The lowest BCUT2D eigenvalue weighted by molar-refractivity contribution is -0.139. The van der Waals surface area contributed by atoms with E-state index in [1.807, 2.05) is 43.0 Å². The van der Waals surface area contributed by atoms with Crippen molar-refractivity contribution in [2.24, 2.45) is 0 Å². The van der Waals surface area contributed by atoms with Crippen LogP contribution in [-0.4, -0.2) is 60.5 Å². The zero-order valence-corrected chi connectivity index (χ0v) is 15.1. The molecule has 2 rings (SSSR count). The maximum absolute atomic E-state index is 12.6. The molecule has 0 aliphatic carbocycles. The summed E-state index contributed by atoms with van der Waals surface area (Å²) in [7, 11) is 0. The van der Waals surface area contributed by atoms with E-state index in [1.54, 1.807) is 4.90 Å². The predicted molar refractivity (Wildman–Crippen MR) is 94.1 cm³/mol. The van der Waals surface area contributed by atoms with Gasteiger partial charge in [-0.2, -0.15) is 0 Å². The van der Waals surface area contributed by atoms with E-state index >= 15 is 0 Å². The fourth-order valence-corrected chi connectivity index (χ4v) is 2.68. The van der Waals surface area contributed by atoms with Crippen molar-refractivity contribution in [2.75, 3.05) is 32.8 Å². The van der Waals surface area contributed by atoms with Crippen LogP contribution in [-0.2, 0) is 9.53 Å². The quantitative estimate of drug-likeness (QED) is 0.832. The summed E-state index contributed by atoms with van der Waals surface area (Å²) >= 11 is 0. The summed E-state index contributed by atoms with van der Waals surface area (Å²) in [5.41, 5.74) is 1.94. The lowest BCUT2D eigenvalue weighted by Gasteiger charge is -2.35. The molecule has 1 saturated heterocycles. The Kier molecular flexibility index (Phi) is 6.37. The number of rotatable bonds is 5. The topological polar surface area (TPSA) is 49.9 Å². The summed E-state index contributed by atoms with van der Waals surface area (Å²) in [6.45, 7) is 10.5. The Balaban J connectivity index is 1.87. The van der Waals surface area contributed by atoms with Crippen molar-refractivity contribution in [3.05, 3.63) is 35.4 Å². The van der Waals surface area contributed by atoms with Gasteiger partial charge >= 0.3 is 0 Å². The van der Waals surface area contributed by atoms with Crippen LogP contribution in [0.2, 0.25) is 0 Å². The molecular formula is C19H28N2O3. The van der Waals surface area contributed by atoms with Crippen molar-refractivity contribution in [1.82, 2.24) is 9.80 Å². The Morgan fingerprint density at radius 3 is 2.00 bits per heavy atom. The molecule has 0 bridgehead atoms. The average Bonchev–Trinajstić information content (AvgIpc) is 2.59. The Labute approximate surface area is 144 Å². The van der Waals surface area contributed by atoms with E-state index in [4.69, 9.17) is 4.74 Å². The molecule has 0 N–H and O–H groups in total. The molecule has 24 heavy (non-hydrogen) atoms. The lowest BCUT2D eigenvalue weighted by Crippen LogP contribution is -2.51. The van der Waals surface area contributed by atoms with Crippen LogP contribution < -0.4 is 0 Å². The van der Waals surface area contributed by atoms with Gasteiger partial charge in [0.1, 0.15) is 6.61 Å². The molecule has 0 aromatic heterocycles. The normalized spacial score (nSPS) is 15.2. The maximum atomic E-state index is 12.6. The second-order valence-electron chi connectivity index (χ2n) is 6.81. The van der Waals surface area contributed by atoms with E-state index in [2.05, 4.69) is 13.8 Å². The highest BCUT2D eigenvalue weighted by Crippen LogP contribution is 2.16. The van der Waals surface area contributed by atoms with Crippen LogP contribution in [0.25, 0.3) is 0 Å². The van der Waals surface area contributed by atoms with Gasteiger partial charge in [0.2, 0.25) is 5.91 Å². The van der Waals surface area contributed by atoms with E-state index in [-0.39, 0.29) is 24.5 Å². The number of nitrogens with zero attached hydrogens (tertiary/aromatic N) is 2. The molecule has 0 atom stereocenters. The Morgan fingerprint density at radius 1 is 0.958 bits per heavy atom.